The summed E-state index contributed by atoms with van der Waals surface area (Å²) in [7, 11) is 0. The van der Waals surface area contributed by atoms with Crippen molar-refractivity contribution in [2.24, 2.45) is 0 Å². The number of furan rings is 2. The van der Waals surface area contributed by atoms with Crippen molar-refractivity contribution in [2.75, 3.05) is 0 Å². The maximum Gasteiger partial charge on any atom is 0.142 e. The third kappa shape index (κ3) is 2.28. The van der Waals surface area contributed by atoms with Gasteiger partial charge in [-0.3, -0.25) is 0 Å². The molecule has 2 nitrogen and oxygen atoms in total. The molecule has 0 aliphatic heterocycles. The van der Waals surface area contributed by atoms with E-state index in [0.29, 0.717) is 0 Å². The van der Waals surface area contributed by atoms with Crippen LogP contribution >= 0.6 is 0 Å². The maximum absolute atomic E-state index is 6.27. The molecule has 28 heavy (non-hydrogen) atoms. The number of rotatable bonds is 2. The molecule has 0 radical (unpaired) electrons. The minimum absolute atomic E-state index is 0.882. The summed E-state index contributed by atoms with van der Waals surface area (Å²) in [4.78, 5) is 0. The van der Waals surface area contributed by atoms with Gasteiger partial charge in [-0.25, -0.2) is 0 Å². The molecule has 0 spiro atoms. The first-order chi connectivity index (χ1) is 13.9. The topological polar surface area (TPSA) is 26.3 Å². The van der Waals surface area contributed by atoms with E-state index in [0.717, 1.165) is 55.4 Å². The van der Waals surface area contributed by atoms with Crippen LogP contribution in [0.15, 0.2) is 106 Å². The summed E-state index contributed by atoms with van der Waals surface area (Å²) in [6.07, 6.45) is 0. The van der Waals surface area contributed by atoms with Crippen molar-refractivity contribution >= 4 is 32.7 Å². The molecule has 0 fully saturated rings. The van der Waals surface area contributed by atoms with Gasteiger partial charge in [-0.2, -0.15) is 0 Å². The molecule has 0 saturated carbocycles. The zero-order chi connectivity index (χ0) is 18.5. The number of hydrogen-bond acceptors (Lipinski definition) is 2. The summed E-state index contributed by atoms with van der Waals surface area (Å²) in [6, 6.07) is 33.1. The van der Waals surface area contributed by atoms with Crippen molar-refractivity contribution < 1.29 is 8.83 Å². The Hall–Kier alpha value is -3.78. The highest BCUT2D eigenvalue weighted by Gasteiger charge is 2.14. The monoisotopic (exact) mass is 360 g/mol. The van der Waals surface area contributed by atoms with E-state index in [-0.39, 0.29) is 0 Å². The molecule has 2 aromatic heterocycles. The maximum atomic E-state index is 6.27. The molecule has 132 valence electrons. The van der Waals surface area contributed by atoms with Gasteiger partial charge in [0.1, 0.15) is 22.7 Å². The Bertz CT molecular complexity index is 1320. The number of hydrogen-bond donors (Lipinski definition) is 0. The molecule has 0 unspecified atom stereocenters. The average Bonchev–Trinajstić information content (AvgIpc) is 3.39. The third-order valence-electron chi connectivity index (χ3n) is 5.28. The van der Waals surface area contributed by atoms with Gasteiger partial charge in [0.25, 0.3) is 0 Å². The first kappa shape index (κ1) is 15.3. The van der Waals surface area contributed by atoms with Crippen LogP contribution in [0.4, 0.5) is 0 Å². The lowest BCUT2D eigenvalue weighted by Gasteiger charge is -2.00. The highest BCUT2D eigenvalue weighted by atomic mass is 16.3. The van der Waals surface area contributed by atoms with Gasteiger partial charge < -0.3 is 8.83 Å². The van der Waals surface area contributed by atoms with Crippen molar-refractivity contribution in [3.05, 3.63) is 97.1 Å². The van der Waals surface area contributed by atoms with Crippen molar-refractivity contribution in [3.63, 3.8) is 0 Å². The van der Waals surface area contributed by atoms with Crippen molar-refractivity contribution in [1.29, 1.82) is 0 Å². The van der Waals surface area contributed by atoms with Crippen LogP contribution in [0, 0.1) is 0 Å². The van der Waals surface area contributed by atoms with Gasteiger partial charge in [0.2, 0.25) is 0 Å². The molecule has 0 amide bonds. The smallest absolute Gasteiger partial charge is 0.142 e. The second-order valence-corrected chi connectivity index (χ2v) is 7.02. The fraction of sp³-hybridized carbons (Fsp3) is 0. The van der Waals surface area contributed by atoms with Gasteiger partial charge in [-0.05, 0) is 24.3 Å². The Labute approximate surface area is 161 Å². The first-order valence-electron chi connectivity index (χ1n) is 9.36. The first-order valence-corrected chi connectivity index (χ1v) is 9.36. The highest BCUT2D eigenvalue weighted by molar-refractivity contribution is 6.14. The molecule has 6 aromatic rings. The van der Waals surface area contributed by atoms with Crippen molar-refractivity contribution in [1.82, 2.24) is 0 Å². The van der Waals surface area contributed by atoms with Gasteiger partial charge in [-0.15, -0.1) is 0 Å². The summed E-state index contributed by atoms with van der Waals surface area (Å²) in [5.41, 5.74) is 3.96. The summed E-state index contributed by atoms with van der Waals surface area (Å²) in [5, 5.41) is 4.34. The zero-order valence-corrected chi connectivity index (χ0v) is 15.1. The lowest BCUT2D eigenvalue weighted by Crippen LogP contribution is -1.74. The fourth-order valence-corrected chi connectivity index (χ4v) is 3.89. The fourth-order valence-electron chi connectivity index (χ4n) is 3.89. The van der Waals surface area contributed by atoms with Crippen LogP contribution in [0.5, 0.6) is 0 Å². The minimum Gasteiger partial charge on any atom is -0.455 e. The summed E-state index contributed by atoms with van der Waals surface area (Å²) in [5.74, 6) is 1.76. The predicted molar refractivity (Wildman–Crippen MR) is 114 cm³/mol. The minimum atomic E-state index is 0.882. The molecule has 6 rings (SSSR count). The van der Waals surface area contributed by atoms with E-state index in [9.17, 15) is 0 Å². The van der Waals surface area contributed by atoms with E-state index in [4.69, 9.17) is 8.83 Å². The van der Waals surface area contributed by atoms with E-state index < -0.39 is 0 Å². The molecular weight excluding hydrogens is 344 g/mol. The predicted octanol–water partition coefficient (Wildman–Crippen LogP) is 7.67. The van der Waals surface area contributed by atoms with Crippen LogP contribution < -0.4 is 0 Å². The summed E-state index contributed by atoms with van der Waals surface area (Å²) < 4.78 is 12.5. The van der Waals surface area contributed by atoms with Crippen LogP contribution in [0.1, 0.15) is 0 Å². The van der Waals surface area contributed by atoms with Crippen LogP contribution in [0.2, 0.25) is 0 Å². The molecule has 4 aromatic carbocycles. The van der Waals surface area contributed by atoms with Gasteiger partial charge in [-0.1, -0.05) is 72.8 Å². The van der Waals surface area contributed by atoms with Crippen LogP contribution in [-0.4, -0.2) is 0 Å². The standard InChI is InChI=1S/C26H16O2/c1-3-7-17(8-4-1)23-15-19-11-13-22-21(25(19)27-23)14-12-20-16-24(28-26(20)22)18-9-5-2-6-10-18/h1-16H. The Morgan fingerprint density at radius 2 is 0.857 bits per heavy atom. The molecule has 2 heteroatoms. The van der Waals surface area contributed by atoms with Crippen molar-refractivity contribution in [2.45, 2.75) is 0 Å². The van der Waals surface area contributed by atoms with E-state index in [2.05, 4.69) is 60.7 Å². The average molecular weight is 360 g/mol. The molecular formula is C26H16O2. The highest BCUT2D eigenvalue weighted by Crippen LogP contribution is 2.38. The summed E-state index contributed by atoms with van der Waals surface area (Å²) in [6.45, 7) is 0. The van der Waals surface area contributed by atoms with Crippen LogP contribution in [0.3, 0.4) is 0 Å². The van der Waals surface area contributed by atoms with Gasteiger partial charge in [0.15, 0.2) is 0 Å². The van der Waals surface area contributed by atoms with Crippen LogP contribution in [0.25, 0.3) is 55.4 Å². The number of fused-ring (bicyclic) bond motifs is 5. The Morgan fingerprint density at radius 3 is 1.29 bits per heavy atom. The van der Waals surface area contributed by atoms with Gasteiger partial charge in [0, 0.05) is 32.7 Å². The van der Waals surface area contributed by atoms with Gasteiger partial charge in [0.05, 0.1) is 0 Å². The second-order valence-electron chi connectivity index (χ2n) is 7.02. The van der Waals surface area contributed by atoms with E-state index in [1.54, 1.807) is 0 Å². The molecule has 0 saturated heterocycles. The Morgan fingerprint density at radius 1 is 0.429 bits per heavy atom. The number of benzene rings is 4. The summed E-state index contributed by atoms with van der Waals surface area (Å²) >= 11 is 0. The Balaban J connectivity index is 1.59. The van der Waals surface area contributed by atoms with Crippen molar-refractivity contribution in [3.8, 4) is 22.6 Å². The Kier molecular flexibility index (Phi) is 3.20. The van der Waals surface area contributed by atoms with Gasteiger partial charge >= 0.3 is 0 Å². The van der Waals surface area contributed by atoms with E-state index in [1.807, 2.05) is 36.4 Å². The lowest BCUT2D eigenvalue weighted by atomic mass is 10.1. The third-order valence-corrected chi connectivity index (χ3v) is 5.28. The zero-order valence-electron chi connectivity index (χ0n) is 15.1. The molecule has 0 aliphatic rings. The quantitative estimate of drug-likeness (QED) is 0.317. The van der Waals surface area contributed by atoms with E-state index in [1.165, 1.54) is 0 Å². The largest absolute Gasteiger partial charge is 0.455 e. The molecule has 0 atom stereocenters. The molecule has 0 N–H and O–H groups in total. The second kappa shape index (κ2) is 5.86. The van der Waals surface area contributed by atoms with E-state index >= 15 is 0 Å². The SMILES string of the molecule is c1ccc(-c2cc3ccc4c(ccc5cc(-c6ccccc6)oc54)c3o2)cc1. The molecule has 2 heterocycles. The van der Waals surface area contributed by atoms with Crippen LogP contribution in [-0.2, 0) is 0 Å². The lowest BCUT2D eigenvalue weighted by molar-refractivity contribution is 0.632. The normalized spacial score (nSPS) is 11.6. The molecule has 0 aliphatic carbocycles. The molecule has 0 bridgehead atoms.